The first kappa shape index (κ1) is 15.4. The van der Waals surface area contributed by atoms with Crippen LogP contribution >= 0.6 is 12.4 Å². The summed E-state index contributed by atoms with van der Waals surface area (Å²) in [6.07, 6.45) is 2.65. The van der Waals surface area contributed by atoms with Crippen molar-refractivity contribution >= 4 is 18.3 Å². The molecule has 0 aromatic heterocycles. The molecule has 1 aliphatic heterocycles. The third-order valence-corrected chi connectivity index (χ3v) is 2.78. The highest BCUT2D eigenvalue weighted by Crippen LogP contribution is 2.21. The van der Waals surface area contributed by atoms with Gasteiger partial charge in [0.1, 0.15) is 6.61 Å². The number of carbonyl (C=O) groups excluding carboxylic acids is 1. The first-order valence-electron chi connectivity index (χ1n) is 5.37. The maximum atomic E-state index is 11.7. The largest absolute Gasteiger partial charge is 0.368 e. The molecule has 0 aromatic carbocycles. The van der Waals surface area contributed by atoms with Crippen LogP contribution in [0.2, 0.25) is 0 Å². The van der Waals surface area contributed by atoms with Crippen molar-refractivity contribution < 1.29 is 9.53 Å². The Kier molecular flexibility index (Phi) is 7.38. The molecule has 1 aliphatic rings. The van der Waals surface area contributed by atoms with E-state index in [0.29, 0.717) is 25.1 Å². The standard InChI is InChI=1S/C11H20N2O2.ClH/c1-3-4-15-8-11(14)13-7-10(6-12)5-9(13)2;/h3,9-10H,1,4-8,12H2,2H3;1H. The average molecular weight is 249 g/mol. The van der Waals surface area contributed by atoms with Crippen molar-refractivity contribution in [3.05, 3.63) is 12.7 Å². The van der Waals surface area contributed by atoms with Crippen LogP contribution in [0.5, 0.6) is 0 Å². The normalized spacial score (nSPS) is 24.0. The summed E-state index contributed by atoms with van der Waals surface area (Å²) in [4.78, 5) is 13.6. The Balaban J connectivity index is 0.00000225. The highest BCUT2D eigenvalue weighted by Gasteiger charge is 2.31. The van der Waals surface area contributed by atoms with Crippen LogP contribution in [0.4, 0.5) is 0 Å². The van der Waals surface area contributed by atoms with Crippen LogP contribution < -0.4 is 5.73 Å². The molecule has 1 amide bonds. The lowest BCUT2D eigenvalue weighted by Crippen LogP contribution is -2.37. The van der Waals surface area contributed by atoms with Gasteiger partial charge in [0.05, 0.1) is 6.61 Å². The van der Waals surface area contributed by atoms with Crippen LogP contribution in [-0.4, -0.2) is 43.2 Å². The van der Waals surface area contributed by atoms with E-state index in [4.69, 9.17) is 10.5 Å². The lowest BCUT2D eigenvalue weighted by molar-refractivity contribution is -0.136. The smallest absolute Gasteiger partial charge is 0.248 e. The second-order valence-electron chi connectivity index (χ2n) is 4.04. The lowest BCUT2D eigenvalue weighted by atomic mass is 10.1. The second-order valence-corrected chi connectivity index (χ2v) is 4.04. The fourth-order valence-electron chi connectivity index (χ4n) is 1.97. The van der Waals surface area contributed by atoms with Crippen molar-refractivity contribution in [3.8, 4) is 0 Å². The first-order chi connectivity index (χ1) is 7.19. The van der Waals surface area contributed by atoms with E-state index in [-0.39, 0.29) is 24.9 Å². The minimum absolute atomic E-state index is 0. The molecular weight excluding hydrogens is 228 g/mol. The fraction of sp³-hybridized carbons (Fsp3) is 0.727. The molecule has 94 valence electrons. The first-order valence-corrected chi connectivity index (χ1v) is 5.37. The molecule has 1 rings (SSSR count). The summed E-state index contributed by atoms with van der Waals surface area (Å²) in [5.41, 5.74) is 5.60. The average Bonchev–Trinajstić information content (AvgIpc) is 2.60. The van der Waals surface area contributed by atoms with Crippen LogP contribution in [0.3, 0.4) is 0 Å². The minimum Gasteiger partial charge on any atom is -0.368 e. The van der Waals surface area contributed by atoms with E-state index in [0.717, 1.165) is 13.0 Å². The van der Waals surface area contributed by atoms with Gasteiger partial charge in [-0.3, -0.25) is 4.79 Å². The Labute approximate surface area is 103 Å². The molecule has 4 nitrogen and oxygen atoms in total. The molecule has 1 heterocycles. The molecule has 0 saturated carbocycles. The number of rotatable bonds is 5. The molecule has 0 radical (unpaired) electrons. The van der Waals surface area contributed by atoms with Crippen molar-refractivity contribution in [3.63, 3.8) is 0 Å². The number of nitrogens with two attached hydrogens (primary N) is 1. The van der Waals surface area contributed by atoms with E-state index < -0.39 is 0 Å². The van der Waals surface area contributed by atoms with Gasteiger partial charge >= 0.3 is 0 Å². The molecule has 0 spiro atoms. The summed E-state index contributed by atoms with van der Waals surface area (Å²) in [6.45, 7) is 7.58. The Morgan fingerprint density at radius 1 is 1.69 bits per heavy atom. The van der Waals surface area contributed by atoms with E-state index in [9.17, 15) is 4.79 Å². The minimum atomic E-state index is 0. The monoisotopic (exact) mass is 248 g/mol. The van der Waals surface area contributed by atoms with E-state index in [1.807, 2.05) is 4.90 Å². The topological polar surface area (TPSA) is 55.6 Å². The maximum Gasteiger partial charge on any atom is 0.248 e. The van der Waals surface area contributed by atoms with E-state index in [1.165, 1.54) is 0 Å². The summed E-state index contributed by atoms with van der Waals surface area (Å²) in [6, 6.07) is 0.290. The highest BCUT2D eigenvalue weighted by molar-refractivity contribution is 5.85. The number of nitrogens with zero attached hydrogens (tertiary/aromatic N) is 1. The van der Waals surface area contributed by atoms with Gasteiger partial charge in [0.15, 0.2) is 0 Å². The number of likely N-dealkylation sites (tertiary alicyclic amines) is 1. The zero-order valence-corrected chi connectivity index (χ0v) is 10.5. The number of halogens is 1. The third-order valence-electron chi connectivity index (χ3n) is 2.78. The molecule has 0 bridgehead atoms. The molecule has 2 N–H and O–H groups in total. The Hall–Kier alpha value is -0.580. The maximum absolute atomic E-state index is 11.7. The van der Waals surface area contributed by atoms with Crippen LogP contribution in [0.1, 0.15) is 13.3 Å². The van der Waals surface area contributed by atoms with Crippen molar-refractivity contribution in [2.45, 2.75) is 19.4 Å². The van der Waals surface area contributed by atoms with Crippen LogP contribution in [0.25, 0.3) is 0 Å². The summed E-state index contributed by atoms with van der Waals surface area (Å²) in [5.74, 6) is 0.503. The number of carbonyl (C=O) groups is 1. The number of hydrogen-bond donors (Lipinski definition) is 1. The van der Waals surface area contributed by atoms with Crippen LogP contribution in [-0.2, 0) is 9.53 Å². The van der Waals surface area contributed by atoms with Crippen molar-refractivity contribution in [1.29, 1.82) is 0 Å². The van der Waals surface area contributed by atoms with Gasteiger partial charge < -0.3 is 15.4 Å². The SMILES string of the molecule is C=CCOCC(=O)N1CC(CN)CC1C.Cl. The fourth-order valence-corrected chi connectivity index (χ4v) is 1.97. The molecule has 1 saturated heterocycles. The molecular formula is C11H21ClN2O2. The van der Waals surface area contributed by atoms with Gasteiger partial charge in [0.25, 0.3) is 0 Å². The van der Waals surface area contributed by atoms with Crippen LogP contribution in [0, 0.1) is 5.92 Å². The molecule has 2 atom stereocenters. The van der Waals surface area contributed by atoms with Gasteiger partial charge in [0, 0.05) is 12.6 Å². The predicted molar refractivity (Wildman–Crippen MR) is 66.6 cm³/mol. The van der Waals surface area contributed by atoms with E-state index in [1.54, 1.807) is 6.08 Å². The lowest BCUT2D eigenvalue weighted by Gasteiger charge is -2.21. The molecule has 0 aliphatic carbocycles. The molecule has 16 heavy (non-hydrogen) atoms. The molecule has 5 heteroatoms. The van der Waals surface area contributed by atoms with Crippen molar-refractivity contribution in [1.82, 2.24) is 4.90 Å². The zero-order chi connectivity index (χ0) is 11.3. The van der Waals surface area contributed by atoms with Gasteiger partial charge in [0.2, 0.25) is 5.91 Å². The van der Waals surface area contributed by atoms with Gasteiger partial charge in [-0.25, -0.2) is 0 Å². The van der Waals surface area contributed by atoms with Gasteiger partial charge in [-0.1, -0.05) is 6.08 Å². The molecule has 0 aromatic rings. The van der Waals surface area contributed by atoms with Crippen LogP contribution in [0.15, 0.2) is 12.7 Å². The third kappa shape index (κ3) is 4.12. The Morgan fingerprint density at radius 3 is 2.88 bits per heavy atom. The number of hydrogen-bond acceptors (Lipinski definition) is 3. The predicted octanol–water partition coefficient (Wildman–Crippen LogP) is 0.807. The summed E-state index contributed by atoms with van der Waals surface area (Å²) in [7, 11) is 0. The van der Waals surface area contributed by atoms with Gasteiger partial charge in [-0.05, 0) is 25.8 Å². The van der Waals surface area contributed by atoms with E-state index in [2.05, 4.69) is 13.5 Å². The quantitative estimate of drug-likeness (QED) is 0.579. The number of amides is 1. The Bertz CT molecular complexity index is 236. The Morgan fingerprint density at radius 2 is 2.38 bits per heavy atom. The molecule has 1 fully saturated rings. The van der Waals surface area contributed by atoms with Crippen molar-refractivity contribution in [2.24, 2.45) is 11.7 Å². The summed E-state index contributed by atoms with van der Waals surface area (Å²) >= 11 is 0. The summed E-state index contributed by atoms with van der Waals surface area (Å²) in [5, 5.41) is 0. The molecule has 2 unspecified atom stereocenters. The zero-order valence-electron chi connectivity index (χ0n) is 9.72. The van der Waals surface area contributed by atoms with Crippen molar-refractivity contribution in [2.75, 3.05) is 26.3 Å². The second kappa shape index (κ2) is 7.65. The van der Waals surface area contributed by atoms with E-state index >= 15 is 0 Å². The number of ether oxygens (including phenoxy) is 1. The van der Waals surface area contributed by atoms with Gasteiger partial charge in [-0.15, -0.1) is 19.0 Å². The van der Waals surface area contributed by atoms with Gasteiger partial charge in [-0.2, -0.15) is 0 Å². The summed E-state index contributed by atoms with van der Waals surface area (Å²) < 4.78 is 5.13. The highest BCUT2D eigenvalue weighted by atomic mass is 35.5.